The molecule has 0 aliphatic rings. The van der Waals surface area contributed by atoms with Crippen molar-refractivity contribution in [2.45, 2.75) is 0 Å². The number of hydrogen-bond donors (Lipinski definition) is 0. The zero-order valence-electron chi connectivity index (χ0n) is 12.9. The molecule has 0 spiro atoms. The highest BCUT2D eigenvalue weighted by Gasteiger charge is 2.17. The third-order valence-corrected chi connectivity index (χ3v) is 2.97. The molecule has 0 unspecified atom stereocenters. The standard InChI is InChI=1S/C18H18O5/c1-4-9-21-15(19)7-6-13-12-14-8-11-23-17(14)18(20-3)16(13)22-10-5-2/h4-8,11-12H,1-2,9-10H2,3H3/b7-6-. The molecule has 120 valence electrons. The fraction of sp³-hybridized carbons (Fsp3) is 0.167. The number of rotatable bonds is 8. The molecule has 5 heteroatoms. The molecule has 2 aromatic rings. The molecule has 0 N–H and O–H groups in total. The first kappa shape index (κ1) is 16.4. The molecule has 1 heterocycles. The highest BCUT2D eigenvalue weighted by atomic mass is 16.5. The van der Waals surface area contributed by atoms with Crippen molar-refractivity contribution in [3.05, 3.63) is 55.3 Å². The molecule has 0 radical (unpaired) electrons. The van der Waals surface area contributed by atoms with Crippen LogP contribution in [0.2, 0.25) is 0 Å². The SMILES string of the molecule is C=CCOC(=O)/C=C\c1cc2ccoc2c(OC)c1OCC=C. The maximum atomic E-state index is 11.6. The highest BCUT2D eigenvalue weighted by molar-refractivity contribution is 5.93. The molecule has 1 aromatic heterocycles. The van der Waals surface area contributed by atoms with Gasteiger partial charge in [-0.3, -0.25) is 0 Å². The zero-order valence-corrected chi connectivity index (χ0v) is 12.9. The van der Waals surface area contributed by atoms with E-state index in [-0.39, 0.29) is 6.61 Å². The van der Waals surface area contributed by atoms with Gasteiger partial charge in [-0.2, -0.15) is 0 Å². The van der Waals surface area contributed by atoms with Crippen molar-refractivity contribution in [1.29, 1.82) is 0 Å². The van der Waals surface area contributed by atoms with E-state index in [0.29, 0.717) is 29.3 Å². The zero-order chi connectivity index (χ0) is 16.7. The number of fused-ring (bicyclic) bond motifs is 1. The predicted octanol–water partition coefficient (Wildman–Crippen LogP) is 3.75. The van der Waals surface area contributed by atoms with Gasteiger partial charge in [-0.05, 0) is 18.2 Å². The van der Waals surface area contributed by atoms with Crippen molar-refractivity contribution in [3.8, 4) is 11.5 Å². The third-order valence-electron chi connectivity index (χ3n) is 2.97. The quantitative estimate of drug-likeness (QED) is 0.422. The Morgan fingerprint density at radius 2 is 2.04 bits per heavy atom. The molecule has 0 saturated carbocycles. The average Bonchev–Trinajstić information content (AvgIpc) is 3.03. The van der Waals surface area contributed by atoms with Crippen LogP contribution in [0.15, 0.2) is 54.2 Å². The molecule has 0 amide bonds. The molecular weight excluding hydrogens is 296 g/mol. The Morgan fingerprint density at radius 3 is 2.74 bits per heavy atom. The van der Waals surface area contributed by atoms with Crippen molar-refractivity contribution < 1.29 is 23.4 Å². The first-order valence-corrected chi connectivity index (χ1v) is 6.98. The van der Waals surface area contributed by atoms with Gasteiger partial charge in [0, 0.05) is 17.0 Å². The van der Waals surface area contributed by atoms with Crippen LogP contribution in [-0.4, -0.2) is 26.3 Å². The first-order valence-electron chi connectivity index (χ1n) is 6.98. The molecule has 0 aliphatic heterocycles. The van der Waals surface area contributed by atoms with Gasteiger partial charge >= 0.3 is 5.97 Å². The topological polar surface area (TPSA) is 57.9 Å². The summed E-state index contributed by atoms with van der Waals surface area (Å²) in [6, 6.07) is 3.65. The normalized spacial score (nSPS) is 10.7. The van der Waals surface area contributed by atoms with Crippen LogP contribution < -0.4 is 9.47 Å². The van der Waals surface area contributed by atoms with E-state index in [0.717, 1.165) is 5.39 Å². The second-order valence-corrected chi connectivity index (χ2v) is 4.52. The Hall–Kier alpha value is -2.95. The molecule has 1 aromatic carbocycles. The predicted molar refractivity (Wildman–Crippen MR) is 88.6 cm³/mol. The van der Waals surface area contributed by atoms with E-state index in [1.807, 2.05) is 12.1 Å². The molecule has 2 rings (SSSR count). The minimum absolute atomic E-state index is 0.160. The van der Waals surface area contributed by atoms with Gasteiger partial charge in [0.1, 0.15) is 13.2 Å². The molecule has 0 saturated heterocycles. The Kier molecular flexibility index (Phi) is 5.63. The first-order chi connectivity index (χ1) is 11.2. The summed E-state index contributed by atoms with van der Waals surface area (Å²) in [4.78, 5) is 11.6. The lowest BCUT2D eigenvalue weighted by Crippen LogP contribution is -2.01. The molecule has 0 bridgehead atoms. The second-order valence-electron chi connectivity index (χ2n) is 4.52. The van der Waals surface area contributed by atoms with Gasteiger partial charge in [0.05, 0.1) is 13.4 Å². The van der Waals surface area contributed by atoms with Crippen molar-refractivity contribution in [1.82, 2.24) is 0 Å². The van der Waals surface area contributed by atoms with Crippen LogP contribution in [0.25, 0.3) is 17.0 Å². The monoisotopic (exact) mass is 314 g/mol. The van der Waals surface area contributed by atoms with E-state index in [2.05, 4.69) is 13.2 Å². The largest absolute Gasteiger partial charge is 0.490 e. The minimum Gasteiger partial charge on any atom is -0.490 e. The molecular formula is C18H18O5. The molecule has 23 heavy (non-hydrogen) atoms. The van der Waals surface area contributed by atoms with Crippen molar-refractivity contribution in [2.75, 3.05) is 20.3 Å². The van der Waals surface area contributed by atoms with Crippen molar-refractivity contribution in [3.63, 3.8) is 0 Å². The molecule has 5 nitrogen and oxygen atoms in total. The van der Waals surface area contributed by atoms with E-state index < -0.39 is 5.97 Å². The summed E-state index contributed by atoms with van der Waals surface area (Å²) in [6.45, 7) is 7.58. The van der Waals surface area contributed by atoms with E-state index in [1.165, 1.54) is 19.3 Å². The summed E-state index contributed by atoms with van der Waals surface area (Å²) >= 11 is 0. The number of benzene rings is 1. The van der Waals surface area contributed by atoms with E-state index in [9.17, 15) is 4.79 Å². The lowest BCUT2D eigenvalue weighted by Gasteiger charge is -2.13. The molecule has 0 fully saturated rings. The number of carbonyl (C=O) groups is 1. The summed E-state index contributed by atoms with van der Waals surface area (Å²) in [7, 11) is 1.53. The van der Waals surface area contributed by atoms with Crippen molar-refractivity contribution >= 4 is 23.0 Å². The summed E-state index contributed by atoms with van der Waals surface area (Å²) in [5.41, 5.74) is 1.26. The summed E-state index contributed by atoms with van der Waals surface area (Å²) in [5, 5.41) is 0.840. The number of esters is 1. The average molecular weight is 314 g/mol. The molecule has 0 aliphatic carbocycles. The lowest BCUT2D eigenvalue weighted by atomic mass is 10.1. The second kappa shape index (κ2) is 7.89. The Bertz CT molecular complexity index is 739. The number of methoxy groups -OCH3 is 1. The Balaban J connectivity index is 2.43. The Morgan fingerprint density at radius 1 is 1.26 bits per heavy atom. The van der Waals surface area contributed by atoms with Gasteiger partial charge < -0.3 is 18.6 Å². The smallest absolute Gasteiger partial charge is 0.331 e. The summed E-state index contributed by atoms with van der Waals surface area (Å²) < 4.78 is 21.4. The number of carbonyl (C=O) groups excluding carboxylic acids is 1. The van der Waals surface area contributed by atoms with Crippen LogP contribution in [0.5, 0.6) is 11.5 Å². The van der Waals surface area contributed by atoms with Crippen LogP contribution in [0.1, 0.15) is 5.56 Å². The van der Waals surface area contributed by atoms with Crippen LogP contribution in [0.4, 0.5) is 0 Å². The summed E-state index contributed by atoms with van der Waals surface area (Å²) in [6.07, 6.45) is 7.63. The van der Waals surface area contributed by atoms with Crippen LogP contribution in [-0.2, 0) is 9.53 Å². The van der Waals surface area contributed by atoms with Gasteiger partial charge in [-0.15, -0.1) is 0 Å². The third kappa shape index (κ3) is 3.83. The van der Waals surface area contributed by atoms with E-state index >= 15 is 0 Å². The maximum absolute atomic E-state index is 11.6. The Labute approximate surface area is 134 Å². The maximum Gasteiger partial charge on any atom is 0.331 e. The lowest BCUT2D eigenvalue weighted by molar-refractivity contribution is -0.136. The fourth-order valence-corrected chi connectivity index (χ4v) is 2.03. The number of hydrogen-bond acceptors (Lipinski definition) is 5. The minimum atomic E-state index is -0.467. The van der Waals surface area contributed by atoms with Gasteiger partial charge in [0.25, 0.3) is 0 Å². The van der Waals surface area contributed by atoms with Crippen molar-refractivity contribution in [2.24, 2.45) is 0 Å². The molecule has 0 atom stereocenters. The van der Waals surface area contributed by atoms with Gasteiger partial charge in [-0.1, -0.05) is 25.3 Å². The van der Waals surface area contributed by atoms with Gasteiger partial charge in [0.15, 0.2) is 11.3 Å². The van der Waals surface area contributed by atoms with Crippen LogP contribution in [0, 0.1) is 0 Å². The number of furan rings is 1. The van der Waals surface area contributed by atoms with Gasteiger partial charge in [0.2, 0.25) is 5.75 Å². The summed E-state index contributed by atoms with van der Waals surface area (Å²) in [5.74, 6) is 0.474. The van der Waals surface area contributed by atoms with Crippen LogP contribution >= 0.6 is 0 Å². The van der Waals surface area contributed by atoms with Gasteiger partial charge in [-0.25, -0.2) is 4.79 Å². The van der Waals surface area contributed by atoms with E-state index in [4.69, 9.17) is 18.6 Å². The van der Waals surface area contributed by atoms with E-state index in [1.54, 1.807) is 18.4 Å². The number of ether oxygens (including phenoxy) is 3. The highest BCUT2D eigenvalue weighted by Crippen LogP contribution is 2.40. The fourth-order valence-electron chi connectivity index (χ4n) is 2.03. The van der Waals surface area contributed by atoms with Crippen LogP contribution in [0.3, 0.4) is 0 Å².